The van der Waals surface area contributed by atoms with Crippen molar-refractivity contribution in [1.29, 1.82) is 0 Å². The minimum absolute atomic E-state index is 0.0333. The van der Waals surface area contributed by atoms with Crippen LogP contribution in [0.15, 0.2) is 0 Å². The second kappa shape index (κ2) is 5.55. The van der Waals surface area contributed by atoms with Gasteiger partial charge < -0.3 is 20.4 Å². The van der Waals surface area contributed by atoms with Crippen LogP contribution in [0.2, 0.25) is 0 Å². The molecule has 6 heteroatoms. The molecule has 1 fully saturated rings. The first kappa shape index (κ1) is 13.3. The summed E-state index contributed by atoms with van der Waals surface area (Å²) in [6.07, 6.45) is 4.76. The van der Waals surface area contributed by atoms with Crippen LogP contribution >= 0.6 is 0 Å². The molecule has 0 aromatic carbocycles. The van der Waals surface area contributed by atoms with Crippen molar-refractivity contribution < 1.29 is 19.8 Å². The normalized spacial score (nSPS) is 25.1. The molecule has 0 aromatic rings. The van der Waals surface area contributed by atoms with Gasteiger partial charge in [-0.25, -0.2) is 9.59 Å². The Morgan fingerprint density at radius 1 is 1.65 bits per heavy atom. The van der Waals surface area contributed by atoms with Gasteiger partial charge in [0.1, 0.15) is 6.04 Å². The number of carbonyl (C=O) groups excluding carboxylic acids is 1. The van der Waals surface area contributed by atoms with E-state index in [0.29, 0.717) is 6.42 Å². The lowest BCUT2D eigenvalue weighted by Crippen LogP contribution is -2.48. The van der Waals surface area contributed by atoms with Gasteiger partial charge in [-0.05, 0) is 6.92 Å². The summed E-state index contributed by atoms with van der Waals surface area (Å²) in [7, 11) is 0. The predicted molar refractivity (Wildman–Crippen MR) is 60.2 cm³/mol. The molecule has 2 amide bonds. The van der Waals surface area contributed by atoms with Crippen LogP contribution in [0.4, 0.5) is 4.79 Å². The first-order valence-corrected chi connectivity index (χ1v) is 5.37. The molecule has 17 heavy (non-hydrogen) atoms. The minimum Gasteiger partial charge on any atom is -0.480 e. The Hall–Kier alpha value is -1.74. The van der Waals surface area contributed by atoms with Crippen LogP contribution in [-0.2, 0) is 4.79 Å². The molecule has 0 aliphatic carbocycles. The molecule has 1 aliphatic rings. The molecule has 0 bridgehead atoms. The number of aliphatic hydroxyl groups excluding tert-OH is 1. The Labute approximate surface area is 99.6 Å². The second-order valence-corrected chi connectivity index (χ2v) is 4.15. The number of nitrogens with zero attached hydrogens (tertiary/aromatic N) is 1. The number of rotatable bonds is 3. The molecule has 1 aliphatic heterocycles. The first-order chi connectivity index (χ1) is 7.95. The minimum atomic E-state index is -1.11. The van der Waals surface area contributed by atoms with Gasteiger partial charge in [-0.3, -0.25) is 0 Å². The molecular weight excluding hydrogens is 224 g/mol. The van der Waals surface area contributed by atoms with Crippen LogP contribution in [0.25, 0.3) is 0 Å². The average molecular weight is 240 g/mol. The molecule has 6 nitrogen and oxygen atoms in total. The van der Waals surface area contributed by atoms with Crippen LogP contribution in [0, 0.1) is 12.3 Å². The summed E-state index contributed by atoms with van der Waals surface area (Å²) >= 11 is 0. The molecular formula is C11H16N2O4. The average Bonchev–Trinajstić information content (AvgIpc) is 2.60. The van der Waals surface area contributed by atoms with Gasteiger partial charge >= 0.3 is 12.0 Å². The Morgan fingerprint density at radius 3 is 2.82 bits per heavy atom. The zero-order chi connectivity index (χ0) is 13.0. The first-order valence-electron chi connectivity index (χ1n) is 5.37. The molecule has 0 spiro atoms. The van der Waals surface area contributed by atoms with Gasteiger partial charge in [-0.1, -0.05) is 0 Å². The Morgan fingerprint density at radius 2 is 2.29 bits per heavy atom. The number of carboxylic acids is 1. The van der Waals surface area contributed by atoms with Gasteiger partial charge in [0.25, 0.3) is 0 Å². The summed E-state index contributed by atoms with van der Waals surface area (Å²) in [5.41, 5.74) is 0. The van der Waals surface area contributed by atoms with Gasteiger partial charge in [0.2, 0.25) is 0 Å². The van der Waals surface area contributed by atoms with Crippen molar-refractivity contribution in [2.24, 2.45) is 0 Å². The highest BCUT2D eigenvalue weighted by Crippen LogP contribution is 2.18. The maximum atomic E-state index is 11.8. The fourth-order valence-electron chi connectivity index (χ4n) is 1.79. The predicted octanol–water partition coefficient (Wildman–Crippen LogP) is -0.372. The monoisotopic (exact) mass is 240 g/mol. The fraction of sp³-hybridized carbons (Fsp3) is 0.636. The highest BCUT2D eigenvalue weighted by molar-refractivity contribution is 5.83. The fourth-order valence-corrected chi connectivity index (χ4v) is 1.79. The Bertz CT molecular complexity index is 350. The van der Waals surface area contributed by atoms with Crippen molar-refractivity contribution in [3.8, 4) is 12.3 Å². The van der Waals surface area contributed by atoms with Crippen molar-refractivity contribution in [1.82, 2.24) is 10.2 Å². The molecule has 94 valence electrons. The quantitative estimate of drug-likeness (QED) is 0.587. The number of likely N-dealkylation sites (tertiary alicyclic amines) is 1. The van der Waals surface area contributed by atoms with E-state index >= 15 is 0 Å². The Kier molecular flexibility index (Phi) is 4.35. The highest BCUT2D eigenvalue weighted by Gasteiger charge is 2.39. The summed E-state index contributed by atoms with van der Waals surface area (Å²) in [6, 6.07) is -1.69. The SMILES string of the molecule is C#CCC(C)NC(=O)N1CC(O)C[C@H]1C(=O)O. The number of carbonyl (C=O) groups is 2. The molecule has 0 radical (unpaired) electrons. The molecule has 2 unspecified atom stereocenters. The van der Waals surface area contributed by atoms with Crippen LogP contribution < -0.4 is 5.32 Å². The summed E-state index contributed by atoms with van der Waals surface area (Å²) < 4.78 is 0. The van der Waals surface area contributed by atoms with Gasteiger partial charge in [-0.2, -0.15) is 0 Å². The highest BCUT2D eigenvalue weighted by atomic mass is 16.4. The zero-order valence-corrected chi connectivity index (χ0v) is 9.59. The topological polar surface area (TPSA) is 89.9 Å². The van der Waals surface area contributed by atoms with Gasteiger partial charge in [-0.15, -0.1) is 12.3 Å². The smallest absolute Gasteiger partial charge is 0.326 e. The van der Waals surface area contributed by atoms with E-state index in [1.165, 1.54) is 0 Å². The summed E-state index contributed by atoms with van der Waals surface area (Å²) in [5, 5.41) is 20.9. The van der Waals surface area contributed by atoms with Gasteiger partial charge in [0, 0.05) is 25.4 Å². The third-order valence-electron chi connectivity index (χ3n) is 2.62. The van der Waals surface area contributed by atoms with Crippen LogP contribution in [-0.4, -0.2) is 51.8 Å². The van der Waals surface area contributed by atoms with Crippen LogP contribution in [0.1, 0.15) is 19.8 Å². The number of amides is 2. The second-order valence-electron chi connectivity index (χ2n) is 4.15. The number of aliphatic carboxylic acids is 1. The van der Waals surface area contributed by atoms with Crippen molar-refractivity contribution in [3.05, 3.63) is 0 Å². The van der Waals surface area contributed by atoms with E-state index in [1.54, 1.807) is 6.92 Å². The number of aliphatic hydroxyl groups is 1. The van der Waals surface area contributed by atoms with E-state index in [9.17, 15) is 14.7 Å². The van der Waals surface area contributed by atoms with Crippen LogP contribution in [0.3, 0.4) is 0 Å². The number of urea groups is 1. The number of β-amino-alcohol motifs (C(OH)–C–C–N with tert-alkyl or cyclic N) is 1. The summed E-state index contributed by atoms with van der Waals surface area (Å²) in [6.45, 7) is 1.77. The number of carboxylic acid groups (broad SMARTS) is 1. The summed E-state index contributed by atoms with van der Waals surface area (Å²) in [5.74, 6) is 1.30. The Balaban J connectivity index is 2.62. The maximum absolute atomic E-state index is 11.8. The third kappa shape index (κ3) is 3.36. The van der Waals surface area contributed by atoms with Crippen molar-refractivity contribution in [2.75, 3.05) is 6.54 Å². The van der Waals surface area contributed by atoms with Crippen LogP contribution in [0.5, 0.6) is 0 Å². The number of terminal acetylenes is 1. The van der Waals surface area contributed by atoms with Crippen molar-refractivity contribution in [2.45, 2.75) is 38.0 Å². The molecule has 3 N–H and O–H groups in total. The van der Waals surface area contributed by atoms with E-state index in [-0.39, 0.29) is 19.0 Å². The molecule has 0 saturated carbocycles. The van der Waals surface area contributed by atoms with Gasteiger partial charge in [0.15, 0.2) is 0 Å². The molecule has 0 aromatic heterocycles. The number of nitrogens with one attached hydrogen (secondary N) is 1. The van der Waals surface area contributed by atoms with E-state index in [2.05, 4.69) is 11.2 Å². The summed E-state index contributed by atoms with van der Waals surface area (Å²) in [4.78, 5) is 23.8. The van der Waals surface area contributed by atoms with E-state index in [4.69, 9.17) is 11.5 Å². The lowest BCUT2D eigenvalue weighted by atomic mass is 10.2. The zero-order valence-electron chi connectivity index (χ0n) is 9.59. The standard InChI is InChI=1S/C11H16N2O4/c1-3-4-7(2)12-11(17)13-6-8(14)5-9(13)10(15)16/h1,7-9,14H,4-6H2,2H3,(H,12,17)(H,15,16)/t7?,8?,9-/m0/s1. The van der Waals surface area contributed by atoms with Gasteiger partial charge in [0.05, 0.1) is 6.10 Å². The molecule has 1 saturated heterocycles. The number of hydrogen-bond acceptors (Lipinski definition) is 3. The lowest BCUT2D eigenvalue weighted by Gasteiger charge is -2.23. The van der Waals surface area contributed by atoms with E-state index in [1.807, 2.05) is 0 Å². The van der Waals surface area contributed by atoms with E-state index < -0.39 is 24.1 Å². The number of hydrogen-bond donors (Lipinski definition) is 3. The molecule has 1 heterocycles. The molecule has 1 rings (SSSR count). The maximum Gasteiger partial charge on any atom is 0.326 e. The largest absolute Gasteiger partial charge is 0.480 e. The van der Waals surface area contributed by atoms with Crippen molar-refractivity contribution >= 4 is 12.0 Å². The lowest BCUT2D eigenvalue weighted by molar-refractivity contribution is -0.141. The third-order valence-corrected chi connectivity index (χ3v) is 2.62. The molecule has 3 atom stereocenters. The van der Waals surface area contributed by atoms with Crippen molar-refractivity contribution in [3.63, 3.8) is 0 Å². The van der Waals surface area contributed by atoms with E-state index in [0.717, 1.165) is 4.90 Å².